The van der Waals surface area contributed by atoms with Gasteiger partial charge < -0.3 is 14.5 Å². The zero-order chi connectivity index (χ0) is 15.4. The van der Waals surface area contributed by atoms with Gasteiger partial charge in [-0.05, 0) is 19.7 Å². The van der Waals surface area contributed by atoms with Crippen molar-refractivity contribution in [3.63, 3.8) is 0 Å². The van der Waals surface area contributed by atoms with E-state index in [2.05, 4.69) is 17.0 Å². The fraction of sp³-hybridized carbons (Fsp3) is 0.500. The van der Waals surface area contributed by atoms with E-state index in [1.807, 2.05) is 32.3 Å². The number of methoxy groups -OCH3 is 1. The Morgan fingerprint density at radius 2 is 2.05 bits per heavy atom. The highest BCUT2D eigenvalue weighted by Gasteiger charge is 2.36. The third kappa shape index (κ3) is 3.61. The Bertz CT molecular complexity index is 502. The summed E-state index contributed by atoms with van der Waals surface area (Å²) in [5.74, 6) is -0.610. The highest BCUT2D eigenvalue weighted by Crippen LogP contribution is 2.25. The van der Waals surface area contributed by atoms with Crippen molar-refractivity contribution in [2.75, 3.05) is 34.3 Å². The number of carbonyl (C=O) groups excluding carboxylic acids is 2. The van der Waals surface area contributed by atoms with E-state index in [4.69, 9.17) is 4.74 Å². The summed E-state index contributed by atoms with van der Waals surface area (Å²) in [6.07, 6.45) is 0.252. The summed E-state index contributed by atoms with van der Waals surface area (Å²) in [6.45, 7) is 1.03. The molecule has 5 nitrogen and oxygen atoms in total. The van der Waals surface area contributed by atoms with Crippen LogP contribution in [0.1, 0.15) is 18.0 Å². The van der Waals surface area contributed by atoms with E-state index < -0.39 is 0 Å². The maximum Gasteiger partial charge on any atom is 0.310 e. The number of nitrogens with zero attached hydrogens (tertiary/aromatic N) is 2. The molecule has 0 aromatic heterocycles. The van der Waals surface area contributed by atoms with Gasteiger partial charge in [0.05, 0.1) is 19.1 Å². The topological polar surface area (TPSA) is 49.9 Å². The number of rotatable bonds is 5. The van der Waals surface area contributed by atoms with E-state index in [1.54, 1.807) is 4.90 Å². The minimum atomic E-state index is -0.332. The first-order valence-electron chi connectivity index (χ1n) is 7.10. The molecule has 2 rings (SSSR count). The minimum absolute atomic E-state index is 0.0215. The van der Waals surface area contributed by atoms with Crippen molar-refractivity contribution in [2.45, 2.75) is 12.5 Å². The Hall–Kier alpha value is -1.88. The van der Waals surface area contributed by atoms with Crippen LogP contribution in [-0.2, 0) is 14.3 Å². The SMILES string of the molecule is COC(=O)C1CC(=O)N(CC(c2ccccc2)N(C)C)C1. The van der Waals surface area contributed by atoms with Crippen molar-refractivity contribution < 1.29 is 14.3 Å². The van der Waals surface area contributed by atoms with E-state index in [0.717, 1.165) is 5.56 Å². The highest BCUT2D eigenvalue weighted by molar-refractivity contribution is 5.86. The van der Waals surface area contributed by atoms with E-state index >= 15 is 0 Å². The first-order chi connectivity index (χ1) is 10.0. The minimum Gasteiger partial charge on any atom is -0.469 e. The van der Waals surface area contributed by atoms with Gasteiger partial charge in [0.25, 0.3) is 0 Å². The van der Waals surface area contributed by atoms with Crippen LogP contribution in [0.25, 0.3) is 0 Å². The van der Waals surface area contributed by atoms with Crippen molar-refractivity contribution >= 4 is 11.9 Å². The van der Waals surface area contributed by atoms with E-state index in [9.17, 15) is 9.59 Å². The Morgan fingerprint density at radius 3 is 2.62 bits per heavy atom. The van der Waals surface area contributed by atoms with Crippen molar-refractivity contribution in [3.05, 3.63) is 35.9 Å². The molecule has 0 spiro atoms. The zero-order valence-corrected chi connectivity index (χ0v) is 12.8. The standard InChI is InChI=1S/C16H22N2O3/c1-17(2)14(12-7-5-4-6-8-12)11-18-10-13(9-15(18)19)16(20)21-3/h4-8,13-14H,9-11H2,1-3H3. The molecule has 1 fully saturated rings. The molecule has 1 aromatic rings. The summed E-state index contributed by atoms with van der Waals surface area (Å²) in [5, 5.41) is 0. The Labute approximate surface area is 125 Å². The molecule has 1 aromatic carbocycles. The predicted octanol–water partition coefficient (Wildman–Crippen LogP) is 1.31. The first-order valence-corrected chi connectivity index (χ1v) is 7.10. The third-order valence-electron chi connectivity index (χ3n) is 3.95. The van der Waals surface area contributed by atoms with Gasteiger partial charge in [0, 0.05) is 19.5 Å². The fourth-order valence-electron chi connectivity index (χ4n) is 2.72. The van der Waals surface area contributed by atoms with Crippen LogP contribution < -0.4 is 0 Å². The van der Waals surface area contributed by atoms with Crippen LogP contribution in [0.5, 0.6) is 0 Å². The number of amides is 1. The maximum atomic E-state index is 12.1. The Kier molecular flexibility index (Phi) is 4.96. The summed E-state index contributed by atoms with van der Waals surface area (Å²) in [5.41, 5.74) is 1.16. The second-order valence-electron chi connectivity index (χ2n) is 5.61. The molecule has 0 saturated carbocycles. The van der Waals surface area contributed by atoms with Crippen molar-refractivity contribution in [1.82, 2.24) is 9.80 Å². The summed E-state index contributed by atoms with van der Waals surface area (Å²) in [7, 11) is 5.36. The summed E-state index contributed by atoms with van der Waals surface area (Å²) >= 11 is 0. The molecule has 1 saturated heterocycles. The second-order valence-corrected chi connectivity index (χ2v) is 5.61. The second kappa shape index (κ2) is 6.72. The molecule has 0 aliphatic carbocycles. The lowest BCUT2D eigenvalue weighted by Crippen LogP contribution is -2.36. The molecule has 1 amide bonds. The van der Waals surface area contributed by atoms with Gasteiger partial charge in [-0.15, -0.1) is 0 Å². The summed E-state index contributed by atoms with van der Waals surface area (Å²) < 4.78 is 4.74. The largest absolute Gasteiger partial charge is 0.469 e. The Morgan fingerprint density at radius 1 is 1.38 bits per heavy atom. The first kappa shape index (κ1) is 15.5. The van der Waals surface area contributed by atoms with Gasteiger partial charge >= 0.3 is 5.97 Å². The third-order valence-corrected chi connectivity index (χ3v) is 3.95. The number of benzene rings is 1. The van der Waals surface area contributed by atoms with Gasteiger partial charge in [0.1, 0.15) is 0 Å². The van der Waals surface area contributed by atoms with Crippen LogP contribution in [0.15, 0.2) is 30.3 Å². The lowest BCUT2D eigenvalue weighted by atomic mass is 10.1. The van der Waals surface area contributed by atoms with Gasteiger partial charge in [-0.1, -0.05) is 30.3 Å². The van der Waals surface area contributed by atoms with Gasteiger partial charge in [-0.25, -0.2) is 0 Å². The molecule has 1 aliphatic heterocycles. The van der Waals surface area contributed by atoms with Gasteiger partial charge in [0.15, 0.2) is 0 Å². The van der Waals surface area contributed by atoms with Crippen LogP contribution >= 0.6 is 0 Å². The molecule has 21 heavy (non-hydrogen) atoms. The molecule has 0 radical (unpaired) electrons. The van der Waals surface area contributed by atoms with Crippen molar-refractivity contribution in [3.8, 4) is 0 Å². The zero-order valence-electron chi connectivity index (χ0n) is 12.8. The van der Waals surface area contributed by atoms with E-state index in [0.29, 0.717) is 13.1 Å². The average Bonchev–Trinajstić information content (AvgIpc) is 2.85. The number of carbonyl (C=O) groups is 2. The number of likely N-dealkylation sites (N-methyl/N-ethyl adjacent to an activating group) is 1. The van der Waals surface area contributed by atoms with E-state index in [1.165, 1.54) is 7.11 Å². The number of hydrogen-bond acceptors (Lipinski definition) is 4. The highest BCUT2D eigenvalue weighted by atomic mass is 16.5. The van der Waals surface area contributed by atoms with Crippen molar-refractivity contribution in [1.29, 1.82) is 0 Å². The van der Waals surface area contributed by atoms with Crippen LogP contribution in [0.4, 0.5) is 0 Å². The number of likely N-dealkylation sites (tertiary alicyclic amines) is 1. The molecular weight excluding hydrogens is 268 g/mol. The quantitative estimate of drug-likeness (QED) is 0.767. The monoisotopic (exact) mass is 290 g/mol. The lowest BCUT2D eigenvalue weighted by molar-refractivity contribution is -0.145. The Balaban J connectivity index is 2.08. The molecular formula is C16H22N2O3. The van der Waals surface area contributed by atoms with Gasteiger partial charge in [-0.2, -0.15) is 0 Å². The molecule has 114 valence electrons. The molecule has 0 N–H and O–H groups in total. The molecule has 1 heterocycles. The number of hydrogen-bond donors (Lipinski definition) is 0. The van der Waals surface area contributed by atoms with E-state index in [-0.39, 0.29) is 30.3 Å². The van der Waals surface area contributed by atoms with Gasteiger partial charge in [0.2, 0.25) is 5.91 Å². The average molecular weight is 290 g/mol. The maximum absolute atomic E-state index is 12.1. The molecule has 2 unspecified atom stereocenters. The van der Waals surface area contributed by atoms with Crippen LogP contribution in [0, 0.1) is 5.92 Å². The molecule has 0 bridgehead atoms. The molecule has 5 heteroatoms. The number of esters is 1. The summed E-state index contributed by atoms with van der Waals surface area (Å²) in [6, 6.07) is 10.2. The molecule has 1 aliphatic rings. The normalized spacial score (nSPS) is 19.9. The fourth-order valence-corrected chi connectivity index (χ4v) is 2.72. The predicted molar refractivity (Wildman–Crippen MR) is 79.6 cm³/mol. The molecule has 2 atom stereocenters. The smallest absolute Gasteiger partial charge is 0.310 e. The lowest BCUT2D eigenvalue weighted by Gasteiger charge is -2.29. The van der Waals surface area contributed by atoms with Crippen LogP contribution in [-0.4, -0.2) is 56.0 Å². The summed E-state index contributed by atoms with van der Waals surface area (Å²) in [4.78, 5) is 27.5. The van der Waals surface area contributed by atoms with Gasteiger partial charge in [-0.3, -0.25) is 9.59 Å². The number of ether oxygens (including phenoxy) is 1. The van der Waals surface area contributed by atoms with Crippen LogP contribution in [0.3, 0.4) is 0 Å². The van der Waals surface area contributed by atoms with Crippen LogP contribution in [0.2, 0.25) is 0 Å². The van der Waals surface area contributed by atoms with Crippen molar-refractivity contribution in [2.24, 2.45) is 5.92 Å².